The van der Waals surface area contributed by atoms with E-state index in [0.717, 1.165) is 56.6 Å². The second-order valence-corrected chi connectivity index (χ2v) is 10.4. The van der Waals surface area contributed by atoms with E-state index < -0.39 is 5.41 Å². The highest BCUT2D eigenvalue weighted by atomic mass is 35.5. The van der Waals surface area contributed by atoms with Crippen molar-refractivity contribution in [3.8, 4) is 22.3 Å². The molecule has 1 aliphatic carbocycles. The van der Waals surface area contributed by atoms with Crippen LogP contribution in [0.1, 0.15) is 39.4 Å². The van der Waals surface area contributed by atoms with Crippen LogP contribution in [0.15, 0.2) is 88.8 Å². The highest BCUT2D eigenvalue weighted by molar-refractivity contribution is 6.34. The number of hydrogen-bond acceptors (Lipinski definition) is 3. The number of aryl methyl sites for hydroxylation is 1. The number of carbonyl (C=O) groups excluding carboxylic acids is 2. The molecule has 6 rings (SSSR count). The summed E-state index contributed by atoms with van der Waals surface area (Å²) in [6.07, 6.45) is 4.17. The van der Waals surface area contributed by atoms with Crippen molar-refractivity contribution in [2.45, 2.75) is 24.7 Å². The van der Waals surface area contributed by atoms with Gasteiger partial charge in [0.05, 0.1) is 22.5 Å². The fourth-order valence-corrected chi connectivity index (χ4v) is 5.83. The molecule has 2 aliphatic rings. The highest BCUT2D eigenvalue weighted by Crippen LogP contribution is 2.65. The third kappa shape index (κ3) is 4.23. The van der Waals surface area contributed by atoms with E-state index in [1.54, 1.807) is 0 Å². The zero-order valence-electron chi connectivity index (χ0n) is 21.2. The molecule has 3 N–H and O–H groups in total. The average Bonchev–Trinajstić information content (AvgIpc) is 3.65. The number of halogens is 1. The normalized spacial score (nSPS) is 19.5. The number of amides is 1. The zero-order chi connectivity index (χ0) is 27.1. The number of nitrogens with zero attached hydrogens (tertiary/aromatic N) is 2. The lowest BCUT2D eigenvalue weighted by molar-refractivity contribution is -0.118. The van der Waals surface area contributed by atoms with Crippen LogP contribution in [0.3, 0.4) is 0 Å². The molecule has 0 saturated heterocycles. The average molecular weight is 533 g/mol. The monoisotopic (exact) mass is 532 g/mol. The molecule has 1 amide bonds. The maximum absolute atomic E-state index is 13.2. The van der Waals surface area contributed by atoms with Gasteiger partial charge in [0.15, 0.2) is 0 Å². The molecule has 0 radical (unpaired) electrons. The molecule has 1 heterocycles. The molecule has 1 fully saturated rings. The quantitative estimate of drug-likeness (QED) is 0.162. The molecule has 2 unspecified atom stereocenters. The number of anilines is 1. The van der Waals surface area contributed by atoms with Crippen LogP contribution in [-0.4, -0.2) is 24.9 Å². The molecule has 4 aromatic carbocycles. The minimum absolute atomic E-state index is 0.0121. The predicted molar refractivity (Wildman–Crippen MR) is 157 cm³/mol. The number of rotatable bonds is 6. The Morgan fingerprint density at radius 2 is 1.67 bits per heavy atom. The minimum atomic E-state index is -0.635. The van der Waals surface area contributed by atoms with Crippen LogP contribution in [0.2, 0.25) is 5.02 Å². The summed E-state index contributed by atoms with van der Waals surface area (Å²) in [6.45, 7) is 1.91. The SMILES string of the molecule is Cc1ccc(C2CC23C(=O)Nc2cc(Cl)c(-c4ccc(-c5ccc(N=CN=CN)cc5)cc4)cc23)cc1C=O. The summed E-state index contributed by atoms with van der Waals surface area (Å²) in [5.41, 5.74) is 13.7. The van der Waals surface area contributed by atoms with E-state index in [9.17, 15) is 9.59 Å². The second kappa shape index (κ2) is 9.64. The topological polar surface area (TPSA) is 96.9 Å². The number of aldehydes is 1. The van der Waals surface area contributed by atoms with Crippen molar-refractivity contribution in [3.05, 3.63) is 106 Å². The Morgan fingerprint density at radius 3 is 2.36 bits per heavy atom. The summed E-state index contributed by atoms with van der Waals surface area (Å²) in [5.74, 6) is 0.00534. The molecule has 1 aliphatic heterocycles. The summed E-state index contributed by atoms with van der Waals surface area (Å²) < 4.78 is 0. The number of benzene rings is 4. The van der Waals surface area contributed by atoms with Crippen LogP contribution in [-0.2, 0) is 10.2 Å². The van der Waals surface area contributed by atoms with E-state index in [0.29, 0.717) is 17.0 Å². The predicted octanol–water partition coefficient (Wildman–Crippen LogP) is 6.82. The van der Waals surface area contributed by atoms with E-state index in [4.69, 9.17) is 17.3 Å². The summed E-state index contributed by atoms with van der Waals surface area (Å²) in [5, 5.41) is 3.62. The van der Waals surface area contributed by atoms with Crippen molar-refractivity contribution >= 4 is 47.8 Å². The van der Waals surface area contributed by atoms with Crippen LogP contribution in [0.4, 0.5) is 11.4 Å². The summed E-state index contributed by atoms with van der Waals surface area (Å²) in [6, 6.07) is 25.8. The molecule has 1 spiro atoms. The van der Waals surface area contributed by atoms with E-state index in [1.807, 2.05) is 67.6 Å². The summed E-state index contributed by atoms with van der Waals surface area (Å²) >= 11 is 6.72. The first-order chi connectivity index (χ1) is 18.9. The van der Waals surface area contributed by atoms with Gasteiger partial charge in [-0.1, -0.05) is 60.1 Å². The van der Waals surface area contributed by atoms with E-state index >= 15 is 0 Å². The molecule has 2 atom stereocenters. The van der Waals surface area contributed by atoms with Gasteiger partial charge in [-0.25, -0.2) is 9.98 Å². The molecule has 6 nitrogen and oxygen atoms in total. The number of aliphatic imine (C=N–C) groups is 2. The first-order valence-electron chi connectivity index (χ1n) is 12.6. The lowest BCUT2D eigenvalue weighted by Gasteiger charge is -2.13. The largest absolute Gasteiger partial charge is 0.390 e. The first kappa shape index (κ1) is 24.8. The van der Waals surface area contributed by atoms with Gasteiger partial charge in [-0.3, -0.25) is 9.59 Å². The molecule has 0 aromatic heterocycles. The van der Waals surface area contributed by atoms with E-state index in [2.05, 4.69) is 33.5 Å². The highest BCUT2D eigenvalue weighted by Gasteiger charge is 2.65. The van der Waals surface area contributed by atoms with Gasteiger partial charge in [0.1, 0.15) is 12.6 Å². The van der Waals surface area contributed by atoms with Crippen LogP contribution in [0.5, 0.6) is 0 Å². The maximum atomic E-state index is 13.2. The Morgan fingerprint density at radius 1 is 0.974 bits per heavy atom. The van der Waals surface area contributed by atoms with Gasteiger partial charge in [0, 0.05) is 22.7 Å². The lowest BCUT2D eigenvalue weighted by atomic mass is 9.89. The Hall–Kier alpha value is -4.55. The van der Waals surface area contributed by atoms with Crippen LogP contribution in [0, 0.1) is 6.92 Å². The number of hydrogen-bond donors (Lipinski definition) is 2. The summed E-state index contributed by atoms with van der Waals surface area (Å²) in [4.78, 5) is 32.7. The smallest absolute Gasteiger partial charge is 0.235 e. The second-order valence-electron chi connectivity index (χ2n) is 9.96. The Balaban J connectivity index is 1.30. The molecule has 4 aromatic rings. The van der Waals surface area contributed by atoms with E-state index in [1.165, 1.54) is 12.7 Å². The molecule has 39 heavy (non-hydrogen) atoms. The van der Waals surface area contributed by atoms with Gasteiger partial charge in [0.25, 0.3) is 0 Å². The van der Waals surface area contributed by atoms with Crippen molar-refractivity contribution in [1.29, 1.82) is 0 Å². The van der Waals surface area contributed by atoms with Gasteiger partial charge >= 0.3 is 0 Å². The molecular formula is C32H25ClN4O2. The van der Waals surface area contributed by atoms with Gasteiger partial charge in [-0.2, -0.15) is 0 Å². The van der Waals surface area contributed by atoms with Crippen LogP contribution >= 0.6 is 11.6 Å². The fraction of sp³-hybridized carbons (Fsp3) is 0.125. The minimum Gasteiger partial charge on any atom is -0.390 e. The molecule has 7 heteroatoms. The fourth-order valence-electron chi connectivity index (χ4n) is 5.56. The molecule has 1 saturated carbocycles. The summed E-state index contributed by atoms with van der Waals surface area (Å²) in [7, 11) is 0. The van der Waals surface area contributed by atoms with Crippen molar-refractivity contribution in [1.82, 2.24) is 0 Å². The van der Waals surface area contributed by atoms with Crippen LogP contribution in [0.25, 0.3) is 22.3 Å². The van der Waals surface area contributed by atoms with Gasteiger partial charge in [-0.15, -0.1) is 0 Å². The molecular weight excluding hydrogens is 508 g/mol. The van der Waals surface area contributed by atoms with Gasteiger partial charge < -0.3 is 11.1 Å². The van der Waals surface area contributed by atoms with Gasteiger partial charge in [0.2, 0.25) is 5.91 Å². The maximum Gasteiger partial charge on any atom is 0.235 e. The lowest BCUT2D eigenvalue weighted by Crippen LogP contribution is -2.21. The third-order valence-electron chi connectivity index (χ3n) is 7.79. The number of carbonyl (C=O) groups is 2. The first-order valence-corrected chi connectivity index (χ1v) is 13.0. The molecule has 0 bridgehead atoms. The molecule has 192 valence electrons. The van der Waals surface area contributed by atoms with Crippen molar-refractivity contribution in [2.75, 3.05) is 5.32 Å². The van der Waals surface area contributed by atoms with Crippen molar-refractivity contribution in [3.63, 3.8) is 0 Å². The van der Waals surface area contributed by atoms with Crippen molar-refractivity contribution in [2.24, 2.45) is 15.7 Å². The van der Waals surface area contributed by atoms with Crippen LogP contribution < -0.4 is 11.1 Å². The third-order valence-corrected chi connectivity index (χ3v) is 8.10. The number of nitrogens with two attached hydrogens (primary N) is 1. The Kier molecular flexibility index (Phi) is 6.12. The number of nitrogens with one attached hydrogen (secondary N) is 1. The number of fused-ring (bicyclic) bond motifs is 2. The Labute approximate surface area is 231 Å². The van der Waals surface area contributed by atoms with Crippen molar-refractivity contribution < 1.29 is 9.59 Å². The van der Waals surface area contributed by atoms with Gasteiger partial charge in [-0.05, 0) is 77.1 Å². The zero-order valence-corrected chi connectivity index (χ0v) is 21.9. The standard InChI is InChI=1S/C32H25ClN4O2/c1-19-2-3-23(12-24(19)16-38)28-15-32(28)27-13-26(29(33)14-30(27)37-31(32)39)22-6-4-20(5-7-22)21-8-10-25(11-9-21)36-18-35-17-34/h2-14,16-18,28H,15H2,1H3,(H,37,39)(H2,34,35,36). The van der Waals surface area contributed by atoms with E-state index in [-0.39, 0.29) is 11.8 Å². The Bertz CT molecular complexity index is 1680.